The molecule has 1 aromatic heterocycles. The van der Waals surface area contributed by atoms with Crippen molar-refractivity contribution < 1.29 is 14.7 Å². The first kappa shape index (κ1) is 14.6. The second kappa shape index (κ2) is 5.56. The fourth-order valence-electron chi connectivity index (χ4n) is 3.19. The molecule has 1 atom stereocenters. The fourth-order valence-corrected chi connectivity index (χ4v) is 3.19. The van der Waals surface area contributed by atoms with Crippen LogP contribution in [-0.4, -0.2) is 44.4 Å². The van der Waals surface area contributed by atoms with E-state index in [9.17, 15) is 14.7 Å². The van der Waals surface area contributed by atoms with Gasteiger partial charge in [0.15, 0.2) is 0 Å². The number of amides is 1. The summed E-state index contributed by atoms with van der Waals surface area (Å²) in [6.45, 7) is 0.469. The first-order valence-corrected chi connectivity index (χ1v) is 7.84. The van der Waals surface area contributed by atoms with E-state index in [-0.39, 0.29) is 5.91 Å². The number of likely N-dealkylation sites (tertiary alicyclic amines) is 1. The number of aliphatic carboxylic acids is 1. The van der Waals surface area contributed by atoms with Gasteiger partial charge in [-0.1, -0.05) is 12.1 Å². The van der Waals surface area contributed by atoms with Crippen LogP contribution in [0.15, 0.2) is 42.5 Å². The molecule has 0 aliphatic carbocycles. The van der Waals surface area contributed by atoms with Crippen LogP contribution in [-0.2, 0) is 4.79 Å². The number of hydrogen-bond acceptors (Lipinski definition) is 4. The Kier molecular flexibility index (Phi) is 3.37. The molecule has 1 amide bonds. The van der Waals surface area contributed by atoms with Crippen molar-refractivity contribution in [1.29, 1.82) is 0 Å². The van der Waals surface area contributed by atoms with E-state index in [1.54, 1.807) is 18.2 Å². The first-order valence-electron chi connectivity index (χ1n) is 7.84. The van der Waals surface area contributed by atoms with Gasteiger partial charge in [0.05, 0.1) is 22.1 Å². The van der Waals surface area contributed by atoms with Crippen molar-refractivity contribution in [2.75, 3.05) is 6.54 Å². The summed E-state index contributed by atoms with van der Waals surface area (Å²) in [5.74, 6) is -1.22. The average Bonchev–Trinajstić information content (AvgIpc) is 3.08. The van der Waals surface area contributed by atoms with Gasteiger partial charge in [-0.25, -0.2) is 14.8 Å². The quantitative estimate of drug-likeness (QED) is 0.733. The number of para-hydroxylation sites is 2. The number of carboxylic acids is 1. The maximum atomic E-state index is 12.7. The standard InChI is InChI=1S/C18H15N3O3/c22-17(21-9-3-6-16(21)18(23)24)11-7-8-14-15(10-11)20-13-5-2-1-4-12(13)19-14/h1-2,4-5,7-8,10,16H,3,6,9H2,(H,23,24)/t16-/m0/s1. The summed E-state index contributed by atoms with van der Waals surface area (Å²) in [7, 11) is 0. The van der Waals surface area contributed by atoms with Gasteiger partial charge in [-0.15, -0.1) is 0 Å². The Morgan fingerprint density at radius 2 is 1.67 bits per heavy atom. The van der Waals surface area contributed by atoms with E-state index >= 15 is 0 Å². The fraction of sp³-hybridized carbons (Fsp3) is 0.222. The highest BCUT2D eigenvalue weighted by Gasteiger charge is 2.34. The maximum absolute atomic E-state index is 12.7. The van der Waals surface area contributed by atoms with E-state index in [4.69, 9.17) is 0 Å². The number of rotatable bonds is 2. The molecule has 0 radical (unpaired) electrons. The topological polar surface area (TPSA) is 83.4 Å². The Bertz CT molecular complexity index is 970. The molecular weight excluding hydrogens is 306 g/mol. The van der Waals surface area contributed by atoms with E-state index in [0.29, 0.717) is 36.0 Å². The second-order valence-electron chi connectivity index (χ2n) is 5.91. The highest BCUT2D eigenvalue weighted by atomic mass is 16.4. The number of carbonyl (C=O) groups excluding carboxylic acids is 1. The van der Waals surface area contributed by atoms with Crippen LogP contribution in [0.3, 0.4) is 0 Å². The van der Waals surface area contributed by atoms with Crippen molar-refractivity contribution in [1.82, 2.24) is 14.9 Å². The van der Waals surface area contributed by atoms with Crippen LogP contribution >= 0.6 is 0 Å². The molecule has 1 aliphatic rings. The van der Waals surface area contributed by atoms with Gasteiger partial charge in [-0.2, -0.15) is 0 Å². The molecule has 3 aromatic rings. The number of carboxylic acid groups (broad SMARTS) is 1. The van der Waals surface area contributed by atoms with Crippen LogP contribution < -0.4 is 0 Å². The maximum Gasteiger partial charge on any atom is 0.326 e. The molecule has 1 fully saturated rings. The molecule has 1 saturated heterocycles. The average molecular weight is 321 g/mol. The lowest BCUT2D eigenvalue weighted by Crippen LogP contribution is -2.40. The van der Waals surface area contributed by atoms with Crippen molar-refractivity contribution in [2.45, 2.75) is 18.9 Å². The highest BCUT2D eigenvalue weighted by Crippen LogP contribution is 2.22. The number of fused-ring (bicyclic) bond motifs is 2. The lowest BCUT2D eigenvalue weighted by Gasteiger charge is -2.21. The van der Waals surface area contributed by atoms with Crippen molar-refractivity contribution >= 4 is 33.9 Å². The summed E-state index contributed by atoms with van der Waals surface area (Å²) in [6.07, 6.45) is 1.21. The molecule has 0 unspecified atom stereocenters. The number of nitrogens with zero attached hydrogens (tertiary/aromatic N) is 3. The molecule has 1 N–H and O–H groups in total. The van der Waals surface area contributed by atoms with Crippen molar-refractivity contribution in [2.24, 2.45) is 0 Å². The minimum absolute atomic E-state index is 0.267. The number of hydrogen-bond donors (Lipinski definition) is 1. The normalized spacial score (nSPS) is 17.5. The van der Waals surface area contributed by atoms with Crippen LogP contribution in [0, 0.1) is 0 Å². The summed E-state index contributed by atoms with van der Waals surface area (Å²) in [5, 5.41) is 9.25. The Labute approximate surface area is 137 Å². The lowest BCUT2D eigenvalue weighted by atomic mass is 10.1. The predicted molar refractivity (Wildman–Crippen MR) is 88.7 cm³/mol. The minimum atomic E-state index is -0.951. The molecule has 0 bridgehead atoms. The molecule has 24 heavy (non-hydrogen) atoms. The van der Waals surface area contributed by atoms with Crippen molar-refractivity contribution in [3.8, 4) is 0 Å². The molecule has 6 heteroatoms. The summed E-state index contributed by atoms with van der Waals surface area (Å²) in [4.78, 5) is 34.5. The molecule has 0 saturated carbocycles. The lowest BCUT2D eigenvalue weighted by molar-refractivity contribution is -0.141. The Morgan fingerprint density at radius 1 is 1.00 bits per heavy atom. The Hall–Kier alpha value is -3.02. The number of benzene rings is 2. The predicted octanol–water partition coefficient (Wildman–Crippen LogP) is 2.47. The van der Waals surface area contributed by atoms with Crippen LogP contribution in [0.4, 0.5) is 0 Å². The number of aromatic nitrogens is 2. The zero-order chi connectivity index (χ0) is 16.7. The van der Waals surface area contributed by atoms with Crippen LogP contribution in [0.25, 0.3) is 22.1 Å². The first-order chi connectivity index (χ1) is 11.6. The van der Waals surface area contributed by atoms with E-state index < -0.39 is 12.0 Å². The van der Waals surface area contributed by atoms with Gasteiger partial charge in [-0.05, 0) is 43.2 Å². The summed E-state index contributed by atoms with van der Waals surface area (Å²) in [5.41, 5.74) is 3.35. The van der Waals surface area contributed by atoms with E-state index in [1.165, 1.54) is 4.90 Å². The molecule has 1 aliphatic heterocycles. The van der Waals surface area contributed by atoms with Crippen LogP contribution in [0.2, 0.25) is 0 Å². The molecular formula is C18H15N3O3. The SMILES string of the molecule is O=C(O)[C@@H]1CCCN1C(=O)c1ccc2nc3ccccc3nc2c1. The third kappa shape index (κ3) is 2.36. The third-order valence-electron chi connectivity index (χ3n) is 4.38. The van der Waals surface area contributed by atoms with Gasteiger partial charge in [0.1, 0.15) is 6.04 Å². The second-order valence-corrected chi connectivity index (χ2v) is 5.91. The minimum Gasteiger partial charge on any atom is -0.480 e. The monoisotopic (exact) mass is 321 g/mol. The van der Waals surface area contributed by atoms with E-state index in [0.717, 1.165) is 11.0 Å². The van der Waals surface area contributed by atoms with Gasteiger partial charge >= 0.3 is 5.97 Å². The zero-order valence-corrected chi connectivity index (χ0v) is 12.8. The van der Waals surface area contributed by atoms with Crippen molar-refractivity contribution in [3.05, 3.63) is 48.0 Å². The highest BCUT2D eigenvalue weighted by molar-refractivity contribution is 6.00. The molecule has 4 rings (SSSR count). The largest absolute Gasteiger partial charge is 0.480 e. The Morgan fingerprint density at radius 3 is 2.38 bits per heavy atom. The smallest absolute Gasteiger partial charge is 0.326 e. The molecule has 2 aromatic carbocycles. The summed E-state index contributed by atoms with van der Waals surface area (Å²) < 4.78 is 0. The summed E-state index contributed by atoms with van der Waals surface area (Å²) in [6, 6.07) is 11.9. The van der Waals surface area contributed by atoms with E-state index in [1.807, 2.05) is 24.3 Å². The zero-order valence-electron chi connectivity index (χ0n) is 12.8. The third-order valence-corrected chi connectivity index (χ3v) is 4.38. The van der Waals surface area contributed by atoms with Crippen LogP contribution in [0.1, 0.15) is 23.2 Å². The van der Waals surface area contributed by atoms with Gasteiger partial charge < -0.3 is 10.0 Å². The summed E-state index contributed by atoms with van der Waals surface area (Å²) >= 11 is 0. The number of carbonyl (C=O) groups is 2. The van der Waals surface area contributed by atoms with Crippen molar-refractivity contribution in [3.63, 3.8) is 0 Å². The molecule has 120 valence electrons. The van der Waals surface area contributed by atoms with Crippen LogP contribution in [0.5, 0.6) is 0 Å². The molecule has 6 nitrogen and oxygen atoms in total. The van der Waals surface area contributed by atoms with Gasteiger partial charge in [0.2, 0.25) is 0 Å². The van der Waals surface area contributed by atoms with Gasteiger partial charge in [-0.3, -0.25) is 4.79 Å². The molecule has 0 spiro atoms. The Balaban J connectivity index is 1.75. The molecule has 2 heterocycles. The van der Waals surface area contributed by atoms with Gasteiger partial charge in [0, 0.05) is 12.1 Å². The van der Waals surface area contributed by atoms with E-state index in [2.05, 4.69) is 9.97 Å². The van der Waals surface area contributed by atoms with Gasteiger partial charge in [0.25, 0.3) is 5.91 Å².